The Morgan fingerprint density at radius 3 is 1.67 bits per heavy atom. The molecule has 6 heterocycles. The molecule has 33 heteroatoms. The van der Waals surface area contributed by atoms with Crippen LogP contribution in [0, 0.1) is 40.4 Å². The van der Waals surface area contributed by atoms with Crippen molar-refractivity contribution in [1.29, 1.82) is 0 Å². The molecule has 15 N–H and O–H groups in total. The Hall–Kier alpha value is -0.730. The summed E-state index contributed by atoms with van der Waals surface area (Å²) in [6, 6.07) is 0. The van der Waals surface area contributed by atoms with Crippen LogP contribution in [0.15, 0.2) is 23.8 Å². The molecule has 0 aromatic heterocycles. The van der Waals surface area contributed by atoms with Crippen molar-refractivity contribution < 1.29 is 180 Å². The number of aliphatic hydroxyl groups excluding tert-OH is 14. The maximum Gasteiger partial charge on any atom is 1.00 e. The largest absolute Gasteiger partial charge is 1.00 e. The predicted molar refractivity (Wildman–Crippen MR) is 319 cm³/mol. The zero-order valence-electron chi connectivity index (χ0n) is 56.0. The number of hydrogen-bond acceptors (Lipinski definition) is 31. The van der Waals surface area contributed by atoms with Crippen molar-refractivity contribution in [1.82, 2.24) is 0 Å². The Balaban J connectivity index is 0.0000108. The van der Waals surface area contributed by atoms with Crippen molar-refractivity contribution in [2.75, 3.05) is 13.2 Å². The van der Waals surface area contributed by atoms with Gasteiger partial charge < -0.3 is 138 Å². The zero-order valence-corrected chi connectivity index (χ0v) is 58.8. The van der Waals surface area contributed by atoms with Gasteiger partial charge in [0.05, 0.1) is 55.4 Å². The van der Waals surface area contributed by atoms with Crippen molar-refractivity contribution in [3.8, 4) is 0 Å². The molecule has 31 nitrogen and oxygen atoms in total. The molecule has 6 saturated heterocycles. The summed E-state index contributed by atoms with van der Waals surface area (Å²) < 4.78 is 115. The third-order valence-electron chi connectivity index (χ3n) is 22.9. The van der Waals surface area contributed by atoms with E-state index in [1.54, 1.807) is 0 Å². The van der Waals surface area contributed by atoms with Crippen LogP contribution in [0.2, 0.25) is 0 Å². The average molecular weight is 1410 g/mol. The summed E-state index contributed by atoms with van der Waals surface area (Å²) in [6.45, 7) is 18.7. The maximum absolute atomic E-state index is 12.5. The minimum absolute atomic E-state index is 0. The second kappa shape index (κ2) is 31.1. The minimum atomic E-state index is -5.14. The zero-order chi connectivity index (χ0) is 69.6. The summed E-state index contributed by atoms with van der Waals surface area (Å²) >= 11 is 0. The summed E-state index contributed by atoms with van der Waals surface area (Å²) in [4.78, 5) is 0. The molecule has 0 radical (unpaired) electrons. The van der Waals surface area contributed by atoms with Gasteiger partial charge in [-0.2, -0.15) is 0 Å². The molecule has 4 aliphatic carbocycles. The molecule has 96 heavy (non-hydrogen) atoms. The van der Waals surface area contributed by atoms with Crippen LogP contribution >= 0.6 is 0 Å². The van der Waals surface area contributed by atoms with E-state index in [0.717, 1.165) is 18.4 Å². The van der Waals surface area contributed by atoms with Crippen molar-refractivity contribution in [2.45, 2.75) is 316 Å². The quantitative estimate of drug-likeness (QED) is 0.0233. The van der Waals surface area contributed by atoms with Gasteiger partial charge in [-0.1, -0.05) is 51.5 Å². The molecule has 0 aromatic rings. The van der Waals surface area contributed by atoms with Crippen LogP contribution < -0.4 is 29.6 Å². The molecule has 0 amide bonds. The van der Waals surface area contributed by atoms with Gasteiger partial charge in [0.15, 0.2) is 37.7 Å². The SMILES string of the molecule is C=C(CC[C@](C)(O)[C@H]1CC[C@H]2C3C[C@H](OC4OC(C)C(O)C(OC5OCC(OC6OC(C)C(O)C(O)C6OC6OC(C)C(O)C(OC7OC(CO)C(O)C(O)C7O)C6O)C(O)C5OC5OC(C)C(O)C(O)C5O)C4O)[C@H]4C[C@@H](OS(=O)(=O)[O-])CC[C@]4(C)C3=CC[C@@]21C)C(C)C.[Na+]. The smallest absolute Gasteiger partial charge is 0.726 e. The van der Waals surface area contributed by atoms with Crippen molar-refractivity contribution in [3.63, 3.8) is 0 Å². The van der Waals surface area contributed by atoms with Gasteiger partial charge in [0.1, 0.15) is 116 Å². The van der Waals surface area contributed by atoms with Gasteiger partial charge in [0.25, 0.3) is 0 Å². The fourth-order valence-electron chi connectivity index (χ4n) is 17.0. The van der Waals surface area contributed by atoms with E-state index in [1.165, 1.54) is 33.3 Å². The normalized spacial score (nSPS) is 51.5. The molecule has 0 aromatic carbocycles. The minimum Gasteiger partial charge on any atom is -0.726 e. The van der Waals surface area contributed by atoms with Gasteiger partial charge in [-0.3, -0.25) is 4.18 Å². The van der Waals surface area contributed by atoms with Crippen molar-refractivity contribution >= 4 is 10.4 Å². The molecule has 3 saturated carbocycles. The van der Waals surface area contributed by atoms with Crippen LogP contribution in [0.25, 0.3) is 0 Å². The topological polar surface area (TPSA) is 481 Å². The van der Waals surface area contributed by atoms with E-state index in [4.69, 9.17) is 61.0 Å². The predicted octanol–water partition coefficient (Wildman–Crippen LogP) is -6.18. The summed E-state index contributed by atoms with van der Waals surface area (Å²) in [5.74, 6) is -0.397. The average Bonchev–Trinajstić information content (AvgIpc) is 1.35. The van der Waals surface area contributed by atoms with E-state index in [0.29, 0.717) is 32.1 Å². The fraction of sp³-hybridized carbons (Fsp3) is 0.937. The molecule has 6 aliphatic heterocycles. The Morgan fingerprint density at radius 2 is 1.09 bits per heavy atom. The van der Waals surface area contributed by atoms with Crippen molar-refractivity contribution in [3.05, 3.63) is 23.8 Å². The van der Waals surface area contributed by atoms with Crippen LogP contribution in [-0.2, 0) is 71.4 Å². The Kier molecular flexibility index (Phi) is 25.8. The number of rotatable bonds is 20. The molecule has 0 spiro atoms. The molecule has 0 bridgehead atoms. The second-order valence-electron chi connectivity index (χ2n) is 29.4. The molecule has 38 atom stereocenters. The molecule has 548 valence electrons. The second-order valence-corrected chi connectivity index (χ2v) is 30.4. The van der Waals surface area contributed by atoms with Crippen molar-refractivity contribution in [2.24, 2.45) is 40.4 Å². The first-order chi connectivity index (χ1) is 44.4. The van der Waals surface area contributed by atoms with E-state index in [2.05, 4.69) is 40.3 Å². The monoisotopic (exact) mass is 1410 g/mol. The van der Waals surface area contributed by atoms with Crippen LogP contribution in [0.5, 0.6) is 0 Å². The van der Waals surface area contributed by atoms with E-state index >= 15 is 0 Å². The Morgan fingerprint density at radius 1 is 0.604 bits per heavy atom. The standard InChI is InChI=1S/C63H104O31S.Na/c1-23(2)24(3)13-18-63(10,78)37-12-11-31-30-20-34(33-19-29(94-95(79,80)81)14-16-61(33,8)32(30)15-17-62(31,37)9)87-57-49(76)52(41(68)27(6)84-57)91-59-53(92-55-47(74)44(71)38(65)25(4)83-55)43(70)36(22-82-59)89-60-54(46(73)39(66)26(5)86-60)93-58-50(77)51(40(67)28(7)85-58)90-56-48(75)45(72)42(69)35(21-64)88-56;/h15,23,25-31,33-60,64-78H,3,11-14,16-22H2,1-2,4-10H3,(H,79,80,81);/q;+1/p-1/t25?,26?,27?,28?,29-,30?,31-,33+,34-,35?,36?,37-,38?,39?,40?,41?,42?,43?,44?,45?,46?,47?,48?,49?,50?,51?,52?,53?,54?,55?,56?,57?,58?,59?,60?,61+,62-,63-;/m0./s1. The summed E-state index contributed by atoms with van der Waals surface area (Å²) in [5, 5.41) is 169. The van der Waals surface area contributed by atoms with Gasteiger partial charge >= 0.3 is 29.6 Å². The summed E-state index contributed by atoms with van der Waals surface area (Å²) in [5.41, 5.74) is 0.204. The fourth-order valence-corrected chi connectivity index (χ4v) is 17.5. The molecule has 10 aliphatic rings. The van der Waals surface area contributed by atoms with Crippen LogP contribution in [0.1, 0.15) is 120 Å². The van der Waals surface area contributed by atoms with Gasteiger partial charge in [0, 0.05) is 0 Å². The molecule has 30 unspecified atom stereocenters. The molecule has 10 rings (SSSR count). The van der Waals surface area contributed by atoms with Gasteiger partial charge in [-0.25, -0.2) is 8.42 Å². The number of allylic oxidation sites excluding steroid dienone is 3. The third kappa shape index (κ3) is 15.8. The number of ether oxygens (including phenoxy) is 12. The van der Waals surface area contributed by atoms with Crippen LogP contribution in [0.3, 0.4) is 0 Å². The third-order valence-corrected chi connectivity index (χ3v) is 23.5. The first-order valence-electron chi connectivity index (χ1n) is 33.4. The summed E-state index contributed by atoms with van der Waals surface area (Å²) in [6.07, 6.45) is -45.2. The van der Waals surface area contributed by atoms with Gasteiger partial charge in [-0.15, -0.1) is 0 Å². The summed E-state index contributed by atoms with van der Waals surface area (Å²) in [7, 11) is -5.14. The number of hydrogen-bond donors (Lipinski definition) is 15. The Labute approximate surface area is 581 Å². The van der Waals surface area contributed by atoms with Crippen LogP contribution in [0.4, 0.5) is 0 Å². The Bertz CT molecular complexity index is 2740. The van der Waals surface area contributed by atoms with E-state index in [1.807, 2.05) is 6.92 Å². The first kappa shape index (κ1) is 79.4. The number of aliphatic hydroxyl groups is 15. The maximum atomic E-state index is 12.5. The van der Waals surface area contributed by atoms with Crippen LogP contribution in [-0.4, -0.2) is 299 Å². The van der Waals surface area contributed by atoms with E-state index in [9.17, 15) is 89.6 Å². The van der Waals surface area contributed by atoms with Gasteiger partial charge in [-0.05, 0) is 133 Å². The van der Waals surface area contributed by atoms with Gasteiger partial charge in [0.2, 0.25) is 10.4 Å². The first-order valence-corrected chi connectivity index (χ1v) is 34.8. The van der Waals surface area contributed by atoms with E-state index in [-0.39, 0.29) is 71.5 Å². The van der Waals surface area contributed by atoms with E-state index < -0.39 is 231 Å². The molecular weight excluding hydrogens is 1310 g/mol. The molecule has 9 fully saturated rings. The molecular formula is C63H103NaO31S. The number of fused-ring (bicyclic) bond motifs is 5.